The van der Waals surface area contributed by atoms with Crippen molar-refractivity contribution in [1.29, 1.82) is 0 Å². The zero-order valence-corrected chi connectivity index (χ0v) is 14.5. The highest BCUT2D eigenvalue weighted by Gasteiger charge is 2.23. The Bertz CT molecular complexity index is 964. The van der Waals surface area contributed by atoms with Gasteiger partial charge in [-0.3, -0.25) is 9.59 Å². The van der Waals surface area contributed by atoms with Gasteiger partial charge in [0.25, 0.3) is 5.91 Å². The Hall–Kier alpha value is -3.08. The molecule has 0 atom stereocenters. The number of aromatic nitrogens is 1. The summed E-state index contributed by atoms with van der Waals surface area (Å²) in [5, 5.41) is 3.63. The van der Waals surface area contributed by atoms with Gasteiger partial charge in [-0.25, -0.2) is 0 Å². The average Bonchev–Trinajstić information content (AvgIpc) is 2.96. The van der Waals surface area contributed by atoms with E-state index in [0.29, 0.717) is 22.6 Å². The average molecular weight is 335 g/mol. The van der Waals surface area contributed by atoms with E-state index in [2.05, 4.69) is 10.3 Å². The molecule has 1 heterocycles. The molecule has 0 saturated carbocycles. The first-order valence-corrected chi connectivity index (χ1v) is 8.08. The molecule has 2 aromatic carbocycles. The van der Waals surface area contributed by atoms with Crippen LogP contribution in [0, 0.1) is 5.41 Å². The van der Waals surface area contributed by atoms with Crippen molar-refractivity contribution in [3.8, 4) is 0 Å². The fraction of sp³-hybridized carbons (Fsp3) is 0.200. The van der Waals surface area contributed by atoms with Crippen molar-refractivity contribution >= 4 is 34.0 Å². The number of fused-ring (bicyclic) bond motifs is 1. The van der Waals surface area contributed by atoms with Gasteiger partial charge in [0.15, 0.2) is 5.78 Å². The fourth-order valence-electron chi connectivity index (χ4n) is 2.64. The number of nitrogens with two attached hydrogens (primary N) is 1. The van der Waals surface area contributed by atoms with E-state index < -0.39 is 5.41 Å². The molecule has 0 radical (unpaired) electrons. The second-order valence-corrected chi connectivity index (χ2v) is 7.14. The lowest BCUT2D eigenvalue weighted by Crippen LogP contribution is -2.19. The number of ketones is 1. The van der Waals surface area contributed by atoms with Crippen LogP contribution in [0.15, 0.2) is 48.5 Å². The predicted octanol–water partition coefficient (Wildman–Crippen LogP) is 4.23. The van der Waals surface area contributed by atoms with Crippen molar-refractivity contribution in [2.24, 2.45) is 5.41 Å². The van der Waals surface area contributed by atoms with Crippen molar-refractivity contribution in [2.45, 2.75) is 20.8 Å². The molecular formula is C20H21N3O2. The first-order chi connectivity index (χ1) is 11.7. The van der Waals surface area contributed by atoms with Gasteiger partial charge in [0.05, 0.1) is 0 Å². The van der Waals surface area contributed by atoms with Gasteiger partial charge in [0.2, 0.25) is 0 Å². The predicted molar refractivity (Wildman–Crippen MR) is 101 cm³/mol. The number of nitrogen functional groups attached to an aromatic ring is 1. The highest BCUT2D eigenvalue weighted by atomic mass is 16.2. The molecule has 0 fully saturated rings. The van der Waals surface area contributed by atoms with Gasteiger partial charge in [-0.15, -0.1) is 0 Å². The van der Waals surface area contributed by atoms with Crippen LogP contribution in [0.5, 0.6) is 0 Å². The maximum Gasteiger partial charge on any atom is 0.272 e. The molecular weight excluding hydrogens is 314 g/mol. The van der Waals surface area contributed by atoms with Gasteiger partial charge in [-0.05, 0) is 42.5 Å². The number of hydrogen-bond acceptors (Lipinski definition) is 3. The molecule has 0 spiro atoms. The van der Waals surface area contributed by atoms with Gasteiger partial charge >= 0.3 is 0 Å². The van der Waals surface area contributed by atoms with Crippen molar-refractivity contribution in [1.82, 2.24) is 4.98 Å². The molecule has 0 aliphatic carbocycles. The lowest BCUT2D eigenvalue weighted by molar-refractivity contribution is 0.0858. The van der Waals surface area contributed by atoms with Crippen molar-refractivity contribution in [2.75, 3.05) is 11.1 Å². The minimum absolute atomic E-state index is 0.0707. The molecule has 0 aliphatic rings. The van der Waals surface area contributed by atoms with Crippen LogP contribution in [0.4, 0.5) is 11.4 Å². The number of carbonyl (C=O) groups is 2. The van der Waals surface area contributed by atoms with Crippen LogP contribution in [-0.4, -0.2) is 16.7 Å². The molecule has 0 saturated heterocycles. The Labute approximate surface area is 146 Å². The number of rotatable bonds is 3. The summed E-state index contributed by atoms with van der Waals surface area (Å²) in [5.74, 6) is -0.188. The fourth-order valence-corrected chi connectivity index (χ4v) is 2.64. The van der Waals surface area contributed by atoms with E-state index in [-0.39, 0.29) is 11.7 Å². The number of nitrogens with one attached hydrogen (secondary N) is 2. The summed E-state index contributed by atoms with van der Waals surface area (Å²) in [4.78, 5) is 27.9. The first-order valence-electron chi connectivity index (χ1n) is 8.08. The summed E-state index contributed by atoms with van der Waals surface area (Å²) in [7, 11) is 0. The molecule has 128 valence electrons. The van der Waals surface area contributed by atoms with Crippen LogP contribution in [-0.2, 0) is 0 Å². The third-order valence-corrected chi connectivity index (χ3v) is 3.95. The summed E-state index contributed by atoms with van der Waals surface area (Å²) in [6.45, 7) is 5.67. The molecule has 5 nitrogen and oxygen atoms in total. The first kappa shape index (κ1) is 16.8. The Morgan fingerprint density at radius 3 is 2.48 bits per heavy atom. The third kappa shape index (κ3) is 3.55. The number of anilines is 2. The standard InChI is InChI=1S/C20H21N3O2/c1-20(2,3)18(24)12-7-8-16-13(9-12)10-17(23-16)19(25)22-15-6-4-5-14(21)11-15/h4-11,23H,21H2,1-3H3,(H,22,25). The zero-order chi connectivity index (χ0) is 18.2. The monoisotopic (exact) mass is 335 g/mol. The number of H-pyrrole nitrogens is 1. The molecule has 0 aliphatic heterocycles. The minimum atomic E-state index is -0.447. The maximum absolute atomic E-state index is 12.4. The lowest BCUT2D eigenvalue weighted by atomic mass is 9.86. The molecule has 5 heteroatoms. The number of carbonyl (C=O) groups excluding carboxylic acids is 2. The van der Waals surface area contributed by atoms with E-state index in [9.17, 15) is 9.59 Å². The van der Waals surface area contributed by atoms with Gasteiger partial charge in [-0.1, -0.05) is 26.8 Å². The summed E-state index contributed by atoms with van der Waals surface area (Å²) in [6.07, 6.45) is 0. The summed E-state index contributed by atoms with van der Waals surface area (Å²) >= 11 is 0. The molecule has 0 bridgehead atoms. The van der Waals surface area contributed by atoms with E-state index in [0.717, 1.165) is 10.9 Å². The SMILES string of the molecule is CC(C)(C)C(=O)c1ccc2[nH]c(C(=O)Nc3cccc(N)c3)cc2c1. The Kier molecular flexibility index (Phi) is 4.08. The highest BCUT2D eigenvalue weighted by Crippen LogP contribution is 2.24. The van der Waals surface area contributed by atoms with Crippen LogP contribution in [0.25, 0.3) is 10.9 Å². The number of aromatic amines is 1. The third-order valence-electron chi connectivity index (χ3n) is 3.95. The lowest BCUT2D eigenvalue weighted by Gasteiger charge is -2.16. The molecule has 0 unspecified atom stereocenters. The minimum Gasteiger partial charge on any atom is -0.399 e. The van der Waals surface area contributed by atoms with E-state index in [1.165, 1.54) is 0 Å². The summed E-state index contributed by atoms with van der Waals surface area (Å²) < 4.78 is 0. The van der Waals surface area contributed by atoms with Crippen LogP contribution in [0.2, 0.25) is 0 Å². The number of amides is 1. The molecule has 1 aromatic heterocycles. The second kappa shape index (κ2) is 6.09. The van der Waals surface area contributed by atoms with E-state index >= 15 is 0 Å². The molecule has 25 heavy (non-hydrogen) atoms. The highest BCUT2D eigenvalue weighted by molar-refractivity contribution is 6.07. The topological polar surface area (TPSA) is 88.0 Å². The van der Waals surface area contributed by atoms with E-state index in [1.807, 2.05) is 32.9 Å². The largest absolute Gasteiger partial charge is 0.399 e. The molecule has 3 aromatic rings. The van der Waals surface area contributed by atoms with Crippen molar-refractivity contribution < 1.29 is 9.59 Å². The van der Waals surface area contributed by atoms with Crippen LogP contribution in [0.3, 0.4) is 0 Å². The van der Waals surface area contributed by atoms with Crippen molar-refractivity contribution in [3.63, 3.8) is 0 Å². The Morgan fingerprint density at radius 1 is 1.04 bits per heavy atom. The Morgan fingerprint density at radius 2 is 1.80 bits per heavy atom. The van der Waals surface area contributed by atoms with Crippen LogP contribution in [0.1, 0.15) is 41.6 Å². The second-order valence-electron chi connectivity index (χ2n) is 7.14. The molecule has 3 rings (SSSR count). The smallest absolute Gasteiger partial charge is 0.272 e. The summed E-state index contributed by atoms with van der Waals surface area (Å²) in [5.41, 5.74) is 8.37. The Balaban J connectivity index is 1.88. The zero-order valence-electron chi connectivity index (χ0n) is 14.5. The van der Waals surface area contributed by atoms with Crippen molar-refractivity contribution in [3.05, 3.63) is 59.8 Å². The quantitative estimate of drug-likeness (QED) is 0.494. The van der Waals surface area contributed by atoms with Gasteiger partial charge in [-0.2, -0.15) is 0 Å². The van der Waals surface area contributed by atoms with E-state index in [4.69, 9.17) is 5.73 Å². The number of hydrogen-bond donors (Lipinski definition) is 3. The maximum atomic E-state index is 12.4. The normalized spacial score (nSPS) is 11.5. The van der Waals surface area contributed by atoms with Gasteiger partial charge in [0, 0.05) is 33.3 Å². The molecule has 1 amide bonds. The van der Waals surface area contributed by atoms with Crippen LogP contribution < -0.4 is 11.1 Å². The number of benzene rings is 2. The summed E-state index contributed by atoms with van der Waals surface area (Å²) in [6, 6.07) is 14.2. The molecule has 4 N–H and O–H groups in total. The van der Waals surface area contributed by atoms with Gasteiger partial charge < -0.3 is 16.0 Å². The van der Waals surface area contributed by atoms with E-state index in [1.54, 1.807) is 36.4 Å². The van der Waals surface area contributed by atoms with Crippen LogP contribution >= 0.6 is 0 Å². The number of Topliss-reactive ketones (excluding diaryl/α,β-unsaturated/α-hetero) is 1. The van der Waals surface area contributed by atoms with Gasteiger partial charge in [0.1, 0.15) is 5.69 Å².